The normalized spacial score (nSPS) is 10.5. The van der Waals surface area contributed by atoms with Gasteiger partial charge in [0.1, 0.15) is 0 Å². The summed E-state index contributed by atoms with van der Waals surface area (Å²) in [7, 11) is 0. The maximum absolute atomic E-state index is 10.5. The number of pyridine rings is 1. The standard InChI is InChI=1S/C11H8ClNO2/c12-9-3-4-13-10-5-7(6-11(14)15)1-2-8(9)10/h1-5H,6H2,(H,14,15). The number of aromatic nitrogens is 1. The Morgan fingerprint density at radius 1 is 1.40 bits per heavy atom. The van der Waals surface area contributed by atoms with E-state index < -0.39 is 5.97 Å². The lowest BCUT2D eigenvalue weighted by Crippen LogP contribution is -1.99. The Morgan fingerprint density at radius 3 is 2.93 bits per heavy atom. The van der Waals surface area contributed by atoms with Gasteiger partial charge in [0, 0.05) is 11.6 Å². The number of hydrogen-bond donors (Lipinski definition) is 1. The van der Waals surface area contributed by atoms with Crippen molar-refractivity contribution in [2.24, 2.45) is 0 Å². The summed E-state index contributed by atoms with van der Waals surface area (Å²) in [6.45, 7) is 0. The monoisotopic (exact) mass is 221 g/mol. The van der Waals surface area contributed by atoms with Crippen LogP contribution in [0.15, 0.2) is 30.5 Å². The van der Waals surface area contributed by atoms with E-state index in [1.165, 1.54) is 0 Å². The number of aliphatic carboxylic acids is 1. The number of fused-ring (bicyclic) bond motifs is 1. The molecular formula is C11H8ClNO2. The number of carboxylic acid groups (broad SMARTS) is 1. The van der Waals surface area contributed by atoms with Crippen molar-refractivity contribution in [1.29, 1.82) is 0 Å². The molecule has 0 aliphatic carbocycles. The second-order valence-corrected chi connectivity index (χ2v) is 3.62. The van der Waals surface area contributed by atoms with Gasteiger partial charge < -0.3 is 5.11 Å². The highest BCUT2D eigenvalue weighted by atomic mass is 35.5. The first-order valence-corrected chi connectivity index (χ1v) is 4.79. The quantitative estimate of drug-likeness (QED) is 0.848. The van der Waals surface area contributed by atoms with Crippen LogP contribution in [0.1, 0.15) is 5.56 Å². The van der Waals surface area contributed by atoms with Gasteiger partial charge in [0.05, 0.1) is 17.0 Å². The zero-order chi connectivity index (χ0) is 10.8. The lowest BCUT2D eigenvalue weighted by molar-refractivity contribution is -0.136. The molecule has 0 bridgehead atoms. The van der Waals surface area contributed by atoms with Crippen LogP contribution in [0.5, 0.6) is 0 Å². The van der Waals surface area contributed by atoms with E-state index in [0.29, 0.717) is 5.02 Å². The van der Waals surface area contributed by atoms with E-state index >= 15 is 0 Å². The zero-order valence-corrected chi connectivity index (χ0v) is 8.53. The fourth-order valence-electron chi connectivity index (χ4n) is 1.44. The predicted octanol–water partition coefficient (Wildman–Crippen LogP) is 2.52. The van der Waals surface area contributed by atoms with Gasteiger partial charge in [-0.1, -0.05) is 23.7 Å². The highest BCUT2D eigenvalue weighted by molar-refractivity contribution is 6.35. The molecule has 0 saturated carbocycles. The lowest BCUT2D eigenvalue weighted by atomic mass is 10.1. The summed E-state index contributed by atoms with van der Waals surface area (Å²) in [5.74, 6) is -0.851. The van der Waals surface area contributed by atoms with E-state index in [1.807, 2.05) is 0 Å². The summed E-state index contributed by atoms with van der Waals surface area (Å²) in [5.41, 5.74) is 1.45. The van der Waals surface area contributed by atoms with Crippen LogP contribution in [0, 0.1) is 0 Å². The lowest BCUT2D eigenvalue weighted by Gasteiger charge is -2.01. The van der Waals surface area contributed by atoms with Gasteiger partial charge in [-0.2, -0.15) is 0 Å². The number of carbonyl (C=O) groups is 1. The van der Waals surface area contributed by atoms with E-state index in [2.05, 4.69) is 4.98 Å². The summed E-state index contributed by atoms with van der Waals surface area (Å²) in [5, 5.41) is 10.1. The molecule has 1 N–H and O–H groups in total. The molecule has 1 aromatic carbocycles. The van der Waals surface area contributed by atoms with Gasteiger partial charge in [0.15, 0.2) is 0 Å². The van der Waals surface area contributed by atoms with Crippen LogP contribution in [-0.2, 0) is 11.2 Å². The summed E-state index contributed by atoms with van der Waals surface area (Å²) < 4.78 is 0. The number of halogens is 1. The fourth-order valence-corrected chi connectivity index (χ4v) is 1.66. The molecule has 2 rings (SSSR count). The van der Waals surface area contributed by atoms with Crippen molar-refractivity contribution in [2.75, 3.05) is 0 Å². The average Bonchev–Trinajstić information content (AvgIpc) is 2.17. The molecule has 0 atom stereocenters. The molecule has 4 heteroatoms. The van der Waals surface area contributed by atoms with E-state index in [-0.39, 0.29) is 6.42 Å². The third kappa shape index (κ3) is 2.07. The van der Waals surface area contributed by atoms with Crippen LogP contribution in [0.4, 0.5) is 0 Å². The second kappa shape index (κ2) is 3.87. The van der Waals surface area contributed by atoms with Gasteiger partial charge in [0.25, 0.3) is 0 Å². The topological polar surface area (TPSA) is 50.2 Å². The van der Waals surface area contributed by atoms with Crippen LogP contribution in [0.3, 0.4) is 0 Å². The molecule has 0 fully saturated rings. The Hall–Kier alpha value is -1.61. The number of rotatable bonds is 2. The molecule has 76 valence electrons. The van der Waals surface area contributed by atoms with Crippen molar-refractivity contribution < 1.29 is 9.90 Å². The Kier molecular flexibility index (Phi) is 2.56. The molecule has 0 saturated heterocycles. The van der Waals surface area contributed by atoms with Crippen LogP contribution < -0.4 is 0 Å². The maximum Gasteiger partial charge on any atom is 0.307 e. The molecule has 3 nitrogen and oxygen atoms in total. The number of nitrogens with zero attached hydrogens (tertiary/aromatic N) is 1. The molecule has 0 unspecified atom stereocenters. The minimum absolute atomic E-state index is 0.00410. The van der Waals surface area contributed by atoms with Gasteiger partial charge in [-0.3, -0.25) is 9.78 Å². The second-order valence-electron chi connectivity index (χ2n) is 3.21. The largest absolute Gasteiger partial charge is 0.481 e. The summed E-state index contributed by atoms with van der Waals surface area (Å²) >= 11 is 5.96. The molecule has 2 aromatic rings. The Morgan fingerprint density at radius 2 is 2.20 bits per heavy atom. The van der Waals surface area contributed by atoms with Gasteiger partial charge >= 0.3 is 5.97 Å². The molecule has 0 aliphatic heterocycles. The first kappa shape index (κ1) is 9.93. The number of benzene rings is 1. The summed E-state index contributed by atoms with van der Waals surface area (Å²) in [6, 6.07) is 7.00. The minimum atomic E-state index is -0.851. The van der Waals surface area contributed by atoms with Gasteiger partial charge in [0.2, 0.25) is 0 Å². The molecule has 0 aliphatic rings. The van der Waals surface area contributed by atoms with Crippen LogP contribution in [0.2, 0.25) is 5.02 Å². The van der Waals surface area contributed by atoms with Crippen LogP contribution in [-0.4, -0.2) is 16.1 Å². The van der Waals surface area contributed by atoms with Crippen molar-refractivity contribution in [1.82, 2.24) is 4.98 Å². The Bertz CT molecular complexity index is 525. The predicted molar refractivity (Wildman–Crippen MR) is 58.1 cm³/mol. The van der Waals surface area contributed by atoms with Gasteiger partial charge in [-0.15, -0.1) is 0 Å². The molecule has 0 amide bonds. The van der Waals surface area contributed by atoms with Crippen molar-refractivity contribution in [2.45, 2.75) is 6.42 Å². The third-order valence-electron chi connectivity index (χ3n) is 2.11. The maximum atomic E-state index is 10.5. The molecule has 15 heavy (non-hydrogen) atoms. The SMILES string of the molecule is O=C(O)Cc1ccc2c(Cl)ccnc2c1. The molecule has 0 spiro atoms. The van der Waals surface area contributed by atoms with Crippen molar-refractivity contribution in [3.8, 4) is 0 Å². The number of hydrogen-bond acceptors (Lipinski definition) is 2. The summed E-state index contributed by atoms with van der Waals surface area (Å²) in [4.78, 5) is 14.7. The van der Waals surface area contributed by atoms with Crippen molar-refractivity contribution >= 4 is 28.5 Å². The highest BCUT2D eigenvalue weighted by Crippen LogP contribution is 2.22. The zero-order valence-electron chi connectivity index (χ0n) is 7.77. The van der Waals surface area contributed by atoms with E-state index in [9.17, 15) is 4.79 Å². The molecule has 1 heterocycles. The molecule has 0 radical (unpaired) electrons. The smallest absolute Gasteiger partial charge is 0.307 e. The molecular weight excluding hydrogens is 214 g/mol. The van der Waals surface area contributed by atoms with Crippen molar-refractivity contribution in [3.63, 3.8) is 0 Å². The van der Waals surface area contributed by atoms with Crippen LogP contribution >= 0.6 is 11.6 Å². The first-order chi connectivity index (χ1) is 7.16. The molecule has 1 aromatic heterocycles. The fraction of sp³-hybridized carbons (Fsp3) is 0.0909. The Balaban J connectivity index is 2.52. The Labute approximate surface area is 91.3 Å². The number of carboxylic acids is 1. The van der Waals surface area contributed by atoms with Gasteiger partial charge in [-0.25, -0.2) is 0 Å². The van der Waals surface area contributed by atoms with E-state index in [0.717, 1.165) is 16.5 Å². The third-order valence-corrected chi connectivity index (χ3v) is 2.44. The first-order valence-electron chi connectivity index (χ1n) is 4.42. The average molecular weight is 222 g/mol. The van der Waals surface area contributed by atoms with E-state index in [4.69, 9.17) is 16.7 Å². The van der Waals surface area contributed by atoms with Crippen LogP contribution in [0.25, 0.3) is 10.9 Å². The van der Waals surface area contributed by atoms with Crippen molar-refractivity contribution in [3.05, 3.63) is 41.0 Å². The van der Waals surface area contributed by atoms with Gasteiger partial charge in [-0.05, 0) is 17.7 Å². The highest BCUT2D eigenvalue weighted by Gasteiger charge is 2.04. The van der Waals surface area contributed by atoms with E-state index in [1.54, 1.807) is 30.5 Å². The summed E-state index contributed by atoms with van der Waals surface area (Å²) in [6.07, 6.45) is 1.61. The minimum Gasteiger partial charge on any atom is -0.481 e.